The topological polar surface area (TPSA) is 169 Å². The standard InChI is InChI=1S/C33H33ClF3N11O4/c1-3-24-27(44-10-12-45(13-11-44)30(51)26-28(50)18(2)38-17-39-26)31(52)48-32(41-29(43-48)23-15-20-6-4-5-9-47(20)42-23)46(24)16-25(49)40-22-8-7-19(14-21(22)34)33(35,36)37/h7-8,14-15,17,50H,3-6,9-13,16H2,1-2H3,(H,40,49). The second-order valence-corrected chi connectivity index (χ2v) is 13.0. The van der Waals surface area contributed by atoms with E-state index >= 15 is 0 Å². The van der Waals surface area contributed by atoms with Crippen LogP contribution in [0.15, 0.2) is 35.4 Å². The number of aromatic nitrogens is 8. The third-order valence-corrected chi connectivity index (χ3v) is 9.58. The highest BCUT2D eigenvalue weighted by atomic mass is 35.5. The number of alkyl halides is 3. The van der Waals surface area contributed by atoms with E-state index in [4.69, 9.17) is 11.6 Å². The molecule has 0 atom stereocenters. The van der Waals surface area contributed by atoms with Crippen molar-refractivity contribution in [2.24, 2.45) is 0 Å². The molecule has 6 heterocycles. The number of anilines is 2. The van der Waals surface area contributed by atoms with Crippen LogP contribution in [0.4, 0.5) is 24.5 Å². The van der Waals surface area contributed by atoms with Crippen molar-refractivity contribution < 1.29 is 27.9 Å². The molecule has 1 saturated heterocycles. The number of fused-ring (bicyclic) bond motifs is 2. The monoisotopic (exact) mass is 739 g/mol. The van der Waals surface area contributed by atoms with Gasteiger partial charge < -0.3 is 24.8 Å². The predicted molar refractivity (Wildman–Crippen MR) is 182 cm³/mol. The number of rotatable bonds is 7. The van der Waals surface area contributed by atoms with Crippen LogP contribution in [0, 0.1) is 6.92 Å². The SMILES string of the molecule is CCc1c(N2CCN(C(=O)c3ncnc(C)c3O)CC2)c(=O)n2nc(-c3cc4n(n3)CCCC4)nc2n1CC(=O)Nc1ccc(C(F)(F)F)cc1Cl. The van der Waals surface area contributed by atoms with Gasteiger partial charge in [0.2, 0.25) is 17.5 Å². The lowest BCUT2D eigenvalue weighted by atomic mass is 10.1. The summed E-state index contributed by atoms with van der Waals surface area (Å²) < 4.78 is 44.3. The van der Waals surface area contributed by atoms with Crippen molar-refractivity contribution in [1.29, 1.82) is 0 Å². The Morgan fingerprint density at radius 1 is 1.04 bits per heavy atom. The number of benzene rings is 1. The molecule has 2 N–H and O–H groups in total. The molecule has 0 spiro atoms. The van der Waals surface area contributed by atoms with Crippen LogP contribution in [-0.4, -0.2) is 86.9 Å². The van der Waals surface area contributed by atoms with Crippen molar-refractivity contribution >= 4 is 40.6 Å². The average molecular weight is 740 g/mol. The van der Waals surface area contributed by atoms with Crippen molar-refractivity contribution in [3.8, 4) is 17.3 Å². The van der Waals surface area contributed by atoms with E-state index < -0.39 is 29.1 Å². The van der Waals surface area contributed by atoms with Crippen molar-refractivity contribution in [1.82, 2.24) is 43.8 Å². The van der Waals surface area contributed by atoms with Gasteiger partial charge in [0.15, 0.2) is 11.4 Å². The summed E-state index contributed by atoms with van der Waals surface area (Å²) in [5.41, 5.74) is 0.894. The van der Waals surface area contributed by atoms with Gasteiger partial charge >= 0.3 is 6.18 Å². The van der Waals surface area contributed by atoms with Gasteiger partial charge in [0.1, 0.15) is 24.3 Å². The van der Waals surface area contributed by atoms with Crippen LogP contribution in [0.5, 0.6) is 5.75 Å². The fourth-order valence-electron chi connectivity index (χ4n) is 6.60. The average Bonchev–Trinajstić information content (AvgIpc) is 3.76. The quantitative estimate of drug-likeness (QED) is 0.251. The summed E-state index contributed by atoms with van der Waals surface area (Å²) in [7, 11) is 0. The lowest BCUT2D eigenvalue weighted by Gasteiger charge is -2.36. The van der Waals surface area contributed by atoms with Gasteiger partial charge in [-0.3, -0.25) is 19.1 Å². The van der Waals surface area contributed by atoms with Crippen molar-refractivity contribution in [3.63, 3.8) is 0 Å². The van der Waals surface area contributed by atoms with E-state index in [0.29, 0.717) is 11.4 Å². The fourth-order valence-corrected chi connectivity index (χ4v) is 6.83. The van der Waals surface area contributed by atoms with Crippen molar-refractivity contribution in [3.05, 3.63) is 74.3 Å². The van der Waals surface area contributed by atoms with Crippen molar-refractivity contribution in [2.75, 3.05) is 36.4 Å². The molecule has 4 aromatic heterocycles. The molecule has 0 unspecified atom stereocenters. The van der Waals surface area contributed by atoms with Crippen LogP contribution in [0.2, 0.25) is 5.02 Å². The van der Waals surface area contributed by atoms with E-state index in [1.807, 2.05) is 22.6 Å². The van der Waals surface area contributed by atoms with Gasteiger partial charge in [-0.1, -0.05) is 18.5 Å². The van der Waals surface area contributed by atoms with E-state index in [-0.39, 0.29) is 84.3 Å². The summed E-state index contributed by atoms with van der Waals surface area (Å²) in [4.78, 5) is 57.0. The molecule has 52 heavy (non-hydrogen) atoms. The molecule has 5 aromatic rings. The van der Waals surface area contributed by atoms with E-state index in [0.717, 1.165) is 54.2 Å². The summed E-state index contributed by atoms with van der Waals surface area (Å²) in [6.45, 7) is 4.58. The van der Waals surface area contributed by atoms with Gasteiger partial charge in [-0.15, -0.1) is 5.10 Å². The smallest absolute Gasteiger partial charge is 0.416 e. The maximum Gasteiger partial charge on any atom is 0.416 e. The zero-order valence-electron chi connectivity index (χ0n) is 28.1. The van der Waals surface area contributed by atoms with E-state index in [9.17, 15) is 32.7 Å². The van der Waals surface area contributed by atoms with Crippen LogP contribution in [0.1, 0.15) is 52.9 Å². The number of hydrogen-bond donors (Lipinski definition) is 2. The van der Waals surface area contributed by atoms with Gasteiger partial charge in [-0.25, -0.2) is 9.97 Å². The van der Waals surface area contributed by atoms with E-state index in [2.05, 4.69) is 30.5 Å². The Kier molecular flexibility index (Phi) is 9.10. The first kappa shape index (κ1) is 34.9. The predicted octanol–water partition coefficient (Wildman–Crippen LogP) is 3.73. The van der Waals surface area contributed by atoms with Crippen LogP contribution in [0.3, 0.4) is 0 Å². The zero-order chi connectivity index (χ0) is 36.9. The molecule has 2 aliphatic heterocycles. The number of aryl methyl sites for hydroxylation is 3. The molecular formula is C33H33ClF3N11O4. The molecule has 2 amide bonds. The molecular weight excluding hydrogens is 707 g/mol. The number of aromatic hydroxyl groups is 1. The summed E-state index contributed by atoms with van der Waals surface area (Å²) in [6.07, 6.45) is -0.281. The zero-order valence-corrected chi connectivity index (χ0v) is 28.9. The number of carbonyl (C=O) groups is 2. The number of hydrogen-bond acceptors (Lipinski definition) is 10. The first-order valence-electron chi connectivity index (χ1n) is 16.6. The molecule has 7 rings (SSSR count). The lowest BCUT2D eigenvalue weighted by molar-refractivity contribution is -0.137. The summed E-state index contributed by atoms with van der Waals surface area (Å²) >= 11 is 6.13. The number of piperazine rings is 1. The van der Waals surface area contributed by atoms with Gasteiger partial charge in [-0.2, -0.15) is 27.8 Å². The molecule has 0 bridgehead atoms. The summed E-state index contributed by atoms with van der Waals surface area (Å²) in [5, 5.41) is 21.9. The molecule has 272 valence electrons. The number of amides is 2. The number of nitrogens with zero attached hydrogens (tertiary/aromatic N) is 10. The van der Waals surface area contributed by atoms with Gasteiger partial charge in [0, 0.05) is 38.4 Å². The van der Waals surface area contributed by atoms with Gasteiger partial charge in [0.05, 0.1) is 27.7 Å². The van der Waals surface area contributed by atoms with E-state index in [1.54, 1.807) is 11.5 Å². The fraction of sp³-hybridized carbons (Fsp3) is 0.394. The third kappa shape index (κ3) is 6.42. The van der Waals surface area contributed by atoms with Crippen LogP contribution >= 0.6 is 11.6 Å². The number of nitrogens with one attached hydrogen (secondary N) is 1. The number of halogens is 4. The Labute approximate surface area is 298 Å². The van der Waals surface area contributed by atoms with E-state index in [1.165, 1.54) is 11.2 Å². The molecule has 15 nitrogen and oxygen atoms in total. The van der Waals surface area contributed by atoms with Crippen LogP contribution < -0.4 is 15.8 Å². The summed E-state index contributed by atoms with van der Waals surface area (Å²) in [5.74, 6) is -1.15. The molecule has 0 saturated carbocycles. The van der Waals surface area contributed by atoms with Gasteiger partial charge in [-0.05, 0) is 56.9 Å². The second kappa shape index (κ2) is 13.6. The molecule has 1 aromatic carbocycles. The Bertz CT molecular complexity index is 2250. The molecule has 1 fully saturated rings. The Morgan fingerprint density at radius 3 is 2.50 bits per heavy atom. The molecule has 0 aliphatic carbocycles. The first-order chi connectivity index (χ1) is 24.8. The second-order valence-electron chi connectivity index (χ2n) is 12.6. The maximum absolute atomic E-state index is 14.3. The number of carbonyl (C=O) groups excluding carboxylic acids is 2. The maximum atomic E-state index is 14.3. The van der Waals surface area contributed by atoms with Crippen molar-refractivity contribution in [2.45, 2.75) is 58.8 Å². The highest BCUT2D eigenvalue weighted by molar-refractivity contribution is 6.33. The normalized spacial score (nSPS) is 14.9. The van der Waals surface area contributed by atoms with Crippen LogP contribution in [0.25, 0.3) is 17.3 Å². The molecule has 2 aliphatic rings. The minimum Gasteiger partial charge on any atom is -0.504 e. The molecule has 19 heteroatoms. The Balaban J connectivity index is 1.25. The minimum atomic E-state index is -4.62. The minimum absolute atomic E-state index is 0.0218. The third-order valence-electron chi connectivity index (χ3n) is 9.27. The molecule has 0 radical (unpaired) electrons. The van der Waals surface area contributed by atoms with Crippen LogP contribution in [-0.2, 0) is 36.9 Å². The first-order valence-corrected chi connectivity index (χ1v) is 17.0. The Hall–Kier alpha value is -5.52. The lowest BCUT2D eigenvalue weighted by Crippen LogP contribution is -2.51. The largest absolute Gasteiger partial charge is 0.504 e. The highest BCUT2D eigenvalue weighted by Gasteiger charge is 2.32. The highest BCUT2D eigenvalue weighted by Crippen LogP contribution is 2.34. The Morgan fingerprint density at radius 2 is 1.81 bits per heavy atom. The van der Waals surface area contributed by atoms with Gasteiger partial charge in [0.25, 0.3) is 11.5 Å². The summed E-state index contributed by atoms with van der Waals surface area (Å²) in [6, 6.07) is 4.52.